The smallest absolute Gasteiger partial charge is 0.337 e. The lowest BCUT2D eigenvalue weighted by molar-refractivity contribution is 0.0697. The number of aromatic carboxylic acids is 1. The van der Waals surface area contributed by atoms with E-state index in [0.717, 1.165) is 17.8 Å². The molecule has 0 fully saturated rings. The summed E-state index contributed by atoms with van der Waals surface area (Å²) in [7, 11) is 0. The number of anilines is 1. The third-order valence-corrected chi connectivity index (χ3v) is 3.32. The average Bonchev–Trinajstić information content (AvgIpc) is 2.45. The van der Waals surface area contributed by atoms with Crippen molar-refractivity contribution in [3.05, 3.63) is 65.2 Å². The number of carboxylic acid groups (broad SMARTS) is 1. The summed E-state index contributed by atoms with van der Waals surface area (Å²) >= 11 is 0. The third kappa shape index (κ3) is 3.18. The molecule has 0 atom stereocenters. The molecule has 0 bridgehead atoms. The van der Waals surface area contributed by atoms with Gasteiger partial charge in [0.25, 0.3) is 0 Å². The van der Waals surface area contributed by atoms with Crippen LogP contribution in [-0.2, 0) is 6.54 Å². The molecule has 1 N–H and O–H groups in total. The van der Waals surface area contributed by atoms with E-state index in [-0.39, 0.29) is 0 Å². The lowest BCUT2D eigenvalue weighted by atomic mass is 10.1. The number of hydrogen-bond donors (Lipinski definition) is 1. The van der Waals surface area contributed by atoms with Crippen molar-refractivity contribution < 1.29 is 9.90 Å². The summed E-state index contributed by atoms with van der Waals surface area (Å²) in [4.78, 5) is 13.5. The van der Waals surface area contributed by atoms with Crippen LogP contribution in [0.1, 0.15) is 28.4 Å². The fraction of sp³-hybridized carbons (Fsp3) is 0.235. The van der Waals surface area contributed by atoms with Gasteiger partial charge in [0.05, 0.1) is 11.3 Å². The summed E-state index contributed by atoms with van der Waals surface area (Å²) in [5.41, 5.74) is 3.38. The molecule has 2 rings (SSSR count). The zero-order chi connectivity index (χ0) is 14.5. The highest BCUT2D eigenvalue weighted by Gasteiger charge is 2.15. The van der Waals surface area contributed by atoms with Gasteiger partial charge in [-0.05, 0) is 37.1 Å². The second kappa shape index (κ2) is 6.24. The van der Waals surface area contributed by atoms with Crippen molar-refractivity contribution in [2.75, 3.05) is 11.4 Å². The van der Waals surface area contributed by atoms with Gasteiger partial charge in [-0.1, -0.05) is 36.4 Å². The molecule has 104 valence electrons. The predicted octanol–water partition coefficient (Wildman–Crippen LogP) is 3.72. The number of hydrogen-bond acceptors (Lipinski definition) is 2. The van der Waals surface area contributed by atoms with Crippen molar-refractivity contribution >= 4 is 11.7 Å². The zero-order valence-electron chi connectivity index (χ0n) is 11.8. The van der Waals surface area contributed by atoms with Crippen molar-refractivity contribution in [2.24, 2.45) is 0 Å². The monoisotopic (exact) mass is 269 g/mol. The first kappa shape index (κ1) is 14.1. The van der Waals surface area contributed by atoms with Gasteiger partial charge in [-0.25, -0.2) is 4.79 Å². The maximum absolute atomic E-state index is 11.4. The van der Waals surface area contributed by atoms with Gasteiger partial charge in [0.1, 0.15) is 0 Å². The average molecular weight is 269 g/mol. The van der Waals surface area contributed by atoms with Crippen LogP contribution in [-0.4, -0.2) is 17.6 Å². The topological polar surface area (TPSA) is 40.5 Å². The second-order valence-corrected chi connectivity index (χ2v) is 4.83. The Hall–Kier alpha value is -2.29. The molecule has 3 heteroatoms. The Morgan fingerprint density at radius 3 is 2.45 bits per heavy atom. The SMILES string of the molecule is CCN(Cc1ccccc1)c1cc(C)ccc1C(=O)O. The Kier molecular flexibility index (Phi) is 4.41. The Labute approximate surface area is 119 Å². The molecular weight excluding hydrogens is 250 g/mol. The Bertz CT molecular complexity index is 593. The van der Waals surface area contributed by atoms with Crippen molar-refractivity contribution in [3.63, 3.8) is 0 Å². The van der Waals surface area contributed by atoms with E-state index in [1.807, 2.05) is 44.2 Å². The summed E-state index contributed by atoms with van der Waals surface area (Å²) in [5.74, 6) is -0.883. The summed E-state index contributed by atoms with van der Waals surface area (Å²) in [6.45, 7) is 5.49. The molecule has 0 saturated carbocycles. The number of rotatable bonds is 5. The summed E-state index contributed by atoms with van der Waals surface area (Å²) in [6.07, 6.45) is 0. The predicted molar refractivity (Wildman–Crippen MR) is 81.3 cm³/mol. The largest absolute Gasteiger partial charge is 0.478 e. The number of nitrogens with zero attached hydrogens (tertiary/aromatic N) is 1. The van der Waals surface area contributed by atoms with Crippen LogP contribution in [0.2, 0.25) is 0 Å². The van der Waals surface area contributed by atoms with E-state index in [2.05, 4.69) is 17.0 Å². The van der Waals surface area contributed by atoms with Crippen LogP contribution >= 0.6 is 0 Å². The molecule has 2 aromatic rings. The zero-order valence-corrected chi connectivity index (χ0v) is 11.8. The number of carbonyl (C=O) groups is 1. The van der Waals surface area contributed by atoms with Crippen LogP contribution in [0.3, 0.4) is 0 Å². The quantitative estimate of drug-likeness (QED) is 0.899. The molecule has 0 aromatic heterocycles. The van der Waals surface area contributed by atoms with Crippen LogP contribution in [0.25, 0.3) is 0 Å². The fourth-order valence-electron chi connectivity index (χ4n) is 2.26. The first-order valence-electron chi connectivity index (χ1n) is 6.74. The van der Waals surface area contributed by atoms with Crippen molar-refractivity contribution in [1.82, 2.24) is 0 Å². The lowest BCUT2D eigenvalue weighted by Crippen LogP contribution is -2.24. The van der Waals surface area contributed by atoms with E-state index >= 15 is 0 Å². The van der Waals surface area contributed by atoms with Gasteiger partial charge in [-0.15, -0.1) is 0 Å². The standard InChI is InChI=1S/C17H19NO2/c1-3-18(12-14-7-5-4-6-8-14)16-11-13(2)9-10-15(16)17(19)20/h4-11H,3,12H2,1-2H3,(H,19,20). The highest BCUT2D eigenvalue weighted by molar-refractivity contribution is 5.94. The maximum atomic E-state index is 11.4. The summed E-state index contributed by atoms with van der Waals surface area (Å²) in [5, 5.41) is 9.34. The molecule has 0 aliphatic heterocycles. The van der Waals surface area contributed by atoms with E-state index in [1.54, 1.807) is 6.07 Å². The lowest BCUT2D eigenvalue weighted by Gasteiger charge is -2.25. The molecule has 0 aliphatic carbocycles. The molecule has 0 amide bonds. The summed E-state index contributed by atoms with van der Waals surface area (Å²) in [6, 6.07) is 15.5. The highest BCUT2D eigenvalue weighted by atomic mass is 16.4. The number of benzene rings is 2. The van der Waals surface area contributed by atoms with Crippen LogP contribution in [0.5, 0.6) is 0 Å². The number of aryl methyl sites for hydroxylation is 1. The van der Waals surface area contributed by atoms with Crippen LogP contribution < -0.4 is 4.90 Å². The minimum Gasteiger partial charge on any atom is -0.478 e. The van der Waals surface area contributed by atoms with Gasteiger partial charge in [0.15, 0.2) is 0 Å². The first-order valence-corrected chi connectivity index (χ1v) is 6.74. The van der Waals surface area contributed by atoms with E-state index in [4.69, 9.17) is 0 Å². The molecular formula is C17H19NO2. The van der Waals surface area contributed by atoms with Crippen LogP contribution in [0, 0.1) is 6.92 Å². The Morgan fingerprint density at radius 1 is 1.15 bits per heavy atom. The van der Waals surface area contributed by atoms with Gasteiger partial charge >= 0.3 is 5.97 Å². The van der Waals surface area contributed by atoms with Crippen molar-refractivity contribution in [1.29, 1.82) is 0 Å². The van der Waals surface area contributed by atoms with E-state index < -0.39 is 5.97 Å². The minimum absolute atomic E-state index is 0.355. The Balaban J connectivity index is 2.36. The molecule has 0 aliphatic rings. The molecule has 2 aromatic carbocycles. The van der Waals surface area contributed by atoms with Crippen LogP contribution in [0.4, 0.5) is 5.69 Å². The fourth-order valence-corrected chi connectivity index (χ4v) is 2.26. The van der Waals surface area contributed by atoms with Crippen molar-refractivity contribution in [2.45, 2.75) is 20.4 Å². The molecule has 0 saturated heterocycles. The normalized spacial score (nSPS) is 10.3. The highest BCUT2D eigenvalue weighted by Crippen LogP contribution is 2.24. The summed E-state index contributed by atoms with van der Waals surface area (Å²) < 4.78 is 0. The van der Waals surface area contributed by atoms with E-state index in [9.17, 15) is 9.90 Å². The molecule has 0 heterocycles. The van der Waals surface area contributed by atoms with Gasteiger partial charge in [-0.3, -0.25) is 0 Å². The van der Waals surface area contributed by atoms with Crippen LogP contribution in [0.15, 0.2) is 48.5 Å². The molecule has 20 heavy (non-hydrogen) atoms. The van der Waals surface area contributed by atoms with Gasteiger partial charge in [-0.2, -0.15) is 0 Å². The maximum Gasteiger partial charge on any atom is 0.337 e. The molecule has 0 radical (unpaired) electrons. The van der Waals surface area contributed by atoms with Crippen molar-refractivity contribution in [3.8, 4) is 0 Å². The molecule has 3 nitrogen and oxygen atoms in total. The second-order valence-electron chi connectivity index (χ2n) is 4.83. The van der Waals surface area contributed by atoms with E-state index in [0.29, 0.717) is 12.1 Å². The van der Waals surface area contributed by atoms with E-state index in [1.165, 1.54) is 5.56 Å². The Morgan fingerprint density at radius 2 is 1.85 bits per heavy atom. The van der Waals surface area contributed by atoms with Gasteiger partial charge in [0.2, 0.25) is 0 Å². The molecule has 0 unspecified atom stereocenters. The van der Waals surface area contributed by atoms with Gasteiger partial charge in [0, 0.05) is 13.1 Å². The molecule has 0 spiro atoms. The number of carboxylic acids is 1. The first-order chi connectivity index (χ1) is 9.61. The third-order valence-electron chi connectivity index (χ3n) is 3.32. The minimum atomic E-state index is -0.883. The van der Waals surface area contributed by atoms with Gasteiger partial charge < -0.3 is 10.0 Å².